The number of benzene rings is 2. The summed E-state index contributed by atoms with van der Waals surface area (Å²) in [5.74, 6) is -1.43. The minimum atomic E-state index is -1.06. The molecule has 2 aromatic carbocycles. The largest absolute Gasteiger partial charge is 0.496 e. The zero-order valence-corrected chi connectivity index (χ0v) is 13.1. The molecule has 0 spiro atoms. The predicted octanol–water partition coefficient (Wildman–Crippen LogP) is 4.55. The van der Waals surface area contributed by atoms with Gasteiger partial charge in [-0.05, 0) is 31.2 Å². The first kappa shape index (κ1) is 15.7. The van der Waals surface area contributed by atoms with Gasteiger partial charge in [0.15, 0.2) is 11.6 Å². The fourth-order valence-electron chi connectivity index (χ4n) is 1.96. The summed E-state index contributed by atoms with van der Waals surface area (Å²) in [6.45, 7) is 1.75. The summed E-state index contributed by atoms with van der Waals surface area (Å²) in [5, 5.41) is 0. The summed E-state index contributed by atoms with van der Waals surface area (Å²) in [6, 6.07) is 7.02. The van der Waals surface area contributed by atoms with E-state index >= 15 is 0 Å². The Balaban J connectivity index is 2.50. The van der Waals surface area contributed by atoms with E-state index in [9.17, 15) is 8.78 Å². The Morgan fingerprint density at radius 1 is 1.14 bits per heavy atom. The molecule has 0 aliphatic carbocycles. The van der Waals surface area contributed by atoms with Crippen molar-refractivity contribution in [3.05, 3.63) is 52.0 Å². The first-order valence-corrected chi connectivity index (χ1v) is 6.98. The molecule has 2 N–H and O–H groups in total. The lowest BCUT2D eigenvalue weighted by Gasteiger charge is -2.17. The Kier molecular flexibility index (Phi) is 4.80. The first-order chi connectivity index (χ1) is 9.93. The molecule has 0 aromatic heterocycles. The van der Waals surface area contributed by atoms with Gasteiger partial charge in [-0.1, -0.05) is 22.0 Å². The molecule has 0 aliphatic rings. The molecule has 0 radical (unpaired) electrons. The number of methoxy groups -OCH3 is 1. The summed E-state index contributed by atoms with van der Waals surface area (Å²) in [4.78, 5) is 0. The maximum atomic E-state index is 13.8. The van der Waals surface area contributed by atoms with Gasteiger partial charge in [-0.2, -0.15) is 4.39 Å². The van der Waals surface area contributed by atoms with Crippen LogP contribution in [0.3, 0.4) is 0 Å². The molecule has 2 aromatic rings. The average molecular weight is 358 g/mol. The molecule has 0 bridgehead atoms. The minimum absolute atomic E-state index is 0.225. The summed E-state index contributed by atoms with van der Waals surface area (Å²) in [5.41, 5.74) is 6.49. The lowest BCUT2D eigenvalue weighted by atomic mass is 10.1. The molecule has 0 saturated carbocycles. The van der Waals surface area contributed by atoms with Gasteiger partial charge in [0.1, 0.15) is 11.5 Å². The van der Waals surface area contributed by atoms with E-state index in [2.05, 4.69) is 15.9 Å². The predicted molar refractivity (Wildman–Crippen MR) is 79.7 cm³/mol. The van der Waals surface area contributed by atoms with Crippen LogP contribution in [0.15, 0.2) is 34.8 Å². The van der Waals surface area contributed by atoms with E-state index in [-0.39, 0.29) is 5.75 Å². The van der Waals surface area contributed by atoms with Gasteiger partial charge in [-0.25, -0.2) is 4.39 Å². The molecule has 0 fully saturated rings. The fourth-order valence-corrected chi connectivity index (χ4v) is 2.37. The second kappa shape index (κ2) is 6.41. The van der Waals surface area contributed by atoms with Crippen LogP contribution in [-0.2, 0) is 0 Å². The van der Waals surface area contributed by atoms with Crippen LogP contribution in [0.4, 0.5) is 8.78 Å². The van der Waals surface area contributed by atoms with Gasteiger partial charge < -0.3 is 15.2 Å². The molecule has 0 amide bonds. The van der Waals surface area contributed by atoms with Crippen molar-refractivity contribution < 1.29 is 18.3 Å². The van der Waals surface area contributed by atoms with Crippen molar-refractivity contribution in [3.8, 4) is 17.2 Å². The Labute approximate surface area is 129 Å². The number of hydrogen-bond acceptors (Lipinski definition) is 3. The van der Waals surface area contributed by atoms with Gasteiger partial charge in [0.2, 0.25) is 5.82 Å². The standard InChI is InChI=1S/C15H14BrF2NO2/c1-8(19)14-11(20-2)4-3-5-12(14)21-13-7-9(16)6-10(17)15(13)18/h3-8H,19H2,1-2H3/t8-/m0/s1. The van der Waals surface area contributed by atoms with E-state index in [1.807, 2.05) is 0 Å². The Morgan fingerprint density at radius 3 is 2.43 bits per heavy atom. The van der Waals surface area contributed by atoms with Crippen molar-refractivity contribution in [1.29, 1.82) is 0 Å². The highest BCUT2D eigenvalue weighted by Crippen LogP contribution is 2.37. The van der Waals surface area contributed by atoms with Crippen LogP contribution >= 0.6 is 15.9 Å². The summed E-state index contributed by atoms with van der Waals surface area (Å²) in [6.07, 6.45) is 0. The molecular weight excluding hydrogens is 344 g/mol. The van der Waals surface area contributed by atoms with Gasteiger partial charge in [0.25, 0.3) is 0 Å². The molecular formula is C15H14BrF2NO2. The smallest absolute Gasteiger partial charge is 0.201 e. The van der Waals surface area contributed by atoms with Crippen LogP contribution in [0.25, 0.3) is 0 Å². The summed E-state index contributed by atoms with van der Waals surface area (Å²) in [7, 11) is 1.50. The second-order valence-corrected chi connectivity index (χ2v) is 5.38. The highest BCUT2D eigenvalue weighted by atomic mass is 79.9. The molecule has 0 saturated heterocycles. The number of hydrogen-bond donors (Lipinski definition) is 1. The van der Waals surface area contributed by atoms with E-state index in [4.69, 9.17) is 15.2 Å². The minimum Gasteiger partial charge on any atom is -0.496 e. The monoisotopic (exact) mass is 357 g/mol. The quantitative estimate of drug-likeness (QED) is 0.816. The van der Waals surface area contributed by atoms with Crippen molar-refractivity contribution >= 4 is 15.9 Å². The maximum Gasteiger partial charge on any atom is 0.201 e. The normalized spacial score (nSPS) is 12.1. The molecule has 0 heterocycles. The van der Waals surface area contributed by atoms with E-state index < -0.39 is 17.7 Å². The molecule has 3 nitrogen and oxygen atoms in total. The van der Waals surface area contributed by atoms with Crippen LogP contribution < -0.4 is 15.2 Å². The Hall–Kier alpha value is -1.66. The van der Waals surface area contributed by atoms with Crippen molar-refractivity contribution in [2.75, 3.05) is 7.11 Å². The number of ether oxygens (including phenoxy) is 2. The highest BCUT2D eigenvalue weighted by Gasteiger charge is 2.18. The molecule has 6 heteroatoms. The van der Waals surface area contributed by atoms with Crippen molar-refractivity contribution in [3.63, 3.8) is 0 Å². The summed E-state index contributed by atoms with van der Waals surface area (Å²) < 4.78 is 38.3. The zero-order valence-electron chi connectivity index (χ0n) is 11.5. The van der Waals surface area contributed by atoms with Crippen molar-refractivity contribution in [1.82, 2.24) is 0 Å². The first-order valence-electron chi connectivity index (χ1n) is 6.19. The third kappa shape index (κ3) is 3.33. The third-order valence-corrected chi connectivity index (χ3v) is 3.34. The number of halogens is 3. The van der Waals surface area contributed by atoms with E-state index in [1.54, 1.807) is 25.1 Å². The van der Waals surface area contributed by atoms with E-state index in [0.717, 1.165) is 6.07 Å². The topological polar surface area (TPSA) is 44.5 Å². The van der Waals surface area contributed by atoms with Crippen LogP contribution in [0, 0.1) is 11.6 Å². The van der Waals surface area contributed by atoms with Crippen molar-refractivity contribution in [2.24, 2.45) is 5.73 Å². The summed E-state index contributed by atoms with van der Waals surface area (Å²) >= 11 is 3.10. The molecule has 1 atom stereocenters. The molecule has 0 unspecified atom stereocenters. The van der Waals surface area contributed by atoms with Crippen LogP contribution in [0.5, 0.6) is 17.2 Å². The highest BCUT2D eigenvalue weighted by molar-refractivity contribution is 9.10. The molecule has 2 rings (SSSR count). The SMILES string of the molecule is COc1cccc(Oc2cc(Br)cc(F)c2F)c1[C@H](C)N. The fraction of sp³-hybridized carbons (Fsp3) is 0.200. The third-order valence-electron chi connectivity index (χ3n) is 2.88. The molecule has 21 heavy (non-hydrogen) atoms. The Morgan fingerprint density at radius 2 is 1.81 bits per heavy atom. The van der Waals surface area contributed by atoms with Gasteiger partial charge in [-0.15, -0.1) is 0 Å². The number of rotatable bonds is 4. The van der Waals surface area contributed by atoms with Crippen molar-refractivity contribution in [2.45, 2.75) is 13.0 Å². The maximum absolute atomic E-state index is 13.8. The second-order valence-electron chi connectivity index (χ2n) is 4.46. The van der Waals surface area contributed by atoms with Crippen LogP contribution in [-0.4, -0.2) is 7.11 Å². The average Bonchev–Trinajstić information content (AvgIpc) is 2.43. The zero-order chi connectivity index (χ0) is 15.6. The van der Waals surface area contributed by atoms with Gasteiger partial charge in [0.05, 0.1) is 12.7 Å². The number of nitrogens with two attached hydrogens (primary N) is 1. The Bertz CT molecular complexity index is 662. The van der Waals surface area contributed by atoms with Crippen LogP contribution in [0.2, 0.25) is 0 Å². The van der Waals surface area contributed by atoms with E-state index in [0.29, 0.717) is 21.5 Å². The molecule has 112 valence electrons. The lowest BCUT2D eigenvalue weighted by molar-refractivity contribution is 0.387. The van der Waals surface area contributed by atoms with Crippen LogP contribution in [0.1, 0.15) is 18.5 Å². The lowest BCUT2D eigenvalue weighted by Crippen LogP contribution is -2.09. The van der Waals surface area contributed by atoms with E-state index in [1.165, 1.54) is 13.2 Å². The van der Waals surface area contributed by atoms with Gasteiger partial charge >= 0.3 is 0 Å². The molecule has 0 aliphatic heterocycles. The van der Waals surface area contributed by atoms with Gasteiger partial charge in [0, 0.05) is 10.5 Å². The van der Waals surface area contributed by atoms with Gasteiger partial charge in [-0.3, -0.25) is 0 Å².